The molecular formula is C20H26FO2P. The van der Waals surface area contributed by atoms with E-state index in [9.17, 15) is 8.76 Å². The predicted molar refractivity (Wildman–Crippen MR) is 98.4 cm³/mol. The Labute approximate surface area is 144 Å². The van der Waals surface area contributed by atoms with Crippen molar-refractivity contribution in [1.29, 1.82) is 0 Å². The van der Waals surface area contributed by atoms with Gasteiger partial charge < -0.3 is 4.52 Å². The lowest BCUT2D eigenvalue weighted by Crippen LogP contribution is -2.07. The SMILES string of the molecule is CCCCCCOP(=O)(F)CC(c1ccccc1)c1ccccc1. The van der Waals surface area contributed by atoms with Crippen molar-refractivity contribution in [2.75, 3.05) is 12.8 Å². The van der Waals surface area contributed by atoms with Crippen molar-refractivity contribution in [2.24, 2.45) is 0 Å². The Balaban J connectivity index is 2.06. The van der Waals surface area contributed by atoms with E-state index in [1.165, 1.54) is 0 Å². The summed E-state index contributed by atoms with van der Waals surface area (Å²) in [4.78, 5) is 0. The van der Waals surface area contributed by atoms with Gasteiger partial charge in [0.1, 0.15) is 0 Å². The van der Waals surface area contributed by atoms with Crippen LogP contribution in [0.15, 0.2) is 60.7 Å². The summed E-state index contributed by atoms with van der Waals surface area (Å²) in [6.07, 6.45) is 3.82. The zero-order valence-electron chi connectivity index (χ0n) is 14.2. The van der Waals surface area contributed by atoms with E-state index in [-0.39, 0.29) is 18.7 Å². The van der Waals surface area contributed by atoms with Crippen LogP contribution in [0.2, 0.25) is 0 Å². The summed E-state index contributed by atoms with van der Waals surface area (Å²) >= 11 is 0. The van der Waals surface area contributed by atoms with Gasteiger partial charge in [0, 0.05) is 5.92 Å². The molecule has 0 aliphatic rings. The number of unbranched alkanes of at least 4 members (excludes halogenated alkanes) is 3. The van der Waals surface area contributed by atoms with Crippen molar-refractivity contribution in [1.82, 2.24) is 0 Å². The van der Waals surface area contributed by atoms with Gasteiger partial charge in [0.2, 0.25) is 0 Å². The summed E-state index contributed by atoms with van der Waals surface area (Å²) < 4.78 is 32.0. The first-order valence-corrected chi connectivity index (χ1v) is 10.4. The molecule has 24 heavy (non-hydrogen) atoms. The van der Waals surface area contributed by atoms with Gasteiger partial charge in [-0.2, -0.15) is 4.20 Å². The molecule has 0 spiro atoms. The molecule has 0 aliphatic heterocycles. The monoisotopic (exact) mass is 348 g/mol. The van der Waals surface area contributed by atoms with E-state index in [0.29, 0.717) is 0 Å². The van der Waals surface area contributed by atoms with Gasteiger partial charge in [-0.3, -0.25) is 4.57 Å². The highest BCUT2D eigenvalue weighted by Gasteiger charge is 2.29. The van der Waals surface area contributed by atoms with Crippen molar-refractivity contribution in [2.45, 2.75) is 38.5 Å². The second-order valence-electron chi connectivity index (χ2n) is 6.04. The lowest BCUT2D eigenvalue weighted by molar-refractivity contribution is 0.277. The summed E-state index contributed by atoms with van der Waals surface area (Å²) in [5.74, 6) is -0.265. The van der Waals surface area contributed by atoms with Crippen molar-refractivity contribution < 1.29 is 13.3 Å². The molecule has 0 heterocycles. The lowest BCUT2D eigenvalue weighted by Gasteiger charge is -2.20. The average molecular weight is 348 g/mol. The highest BCUT2D eigenvalue weighted by Crippen LogP contribution is 2.53. The Kier molecular flexibility index (Phi) is 7.68. The number of benzene rings is 2. The topological polar surface area (TPSA) is 26.3 Å². The van der Waals surface area contributed by atoms with E-state index in [1.54, 1.807) is 0 Å². The minimum Gasteiger partial charge on any atom is -0.306 e. The van der Waals surface area contributed by atoms with Crippen LogP contribution in [0.5, 0.6) is 0 Å². The van der Waals surface area contributed by atoms with Crippen molar-refractivity contribution >= 4 is 7.68 Å². The lowest BCUT2D eigenvalue weighted by atomic mass is 9.93. The van der Waals surface area contributed by atoms with Crippen LogP contribution in [0.3, 0.4) is 0 Å². The molecule has 0 radical (unpaired) electrons. The average Bonchev–Trinajstić information content (AvgIpc) is 2.61. The van der Waals surface area contributed by atoms with Gasteiger partial charge in [-0.15, -0.1) is 0 Å². The minimum atomic E-state index is -4.13. The summed E-state index contributed by atoms with van der Waals surface area (Å²) in [7, 11) is -4.13. The molecule has 2 rings (SSSR count). The smallest absolute Gasteiger partial charge is 0.306 e. The van der Waals surface area contributed by atoms with Gasteiger partial charge in [-0.05, 0) is 17.5 Å². The van der Waals surface area contributed by atoms with Gasteiger partial charge >= 0.3 is 7.68 Å². The molecule has 0 aliphatic carbocycles. The second kappa shape index (κ2) is 9.76. The molecule has 2 aromatic carbocycles. The minimum absolute atomic E-state index is 0.116. The predicted octanol–water partition coefficient (Wildman–Crippen LogP) is 6.58. The Hall–Kier alpha value is -1.44. The maximum absolute atomic E-state index is 14.6. The third kappa shape index (κ3) is 6.22. The van der Waals surface area contributed by atoms with Crippen LogP contribution in [-0.4, -0.2) is 12.8 Å². The first kappa shape index (κ1) is 18.9. The molecule has 0 saturated carbocycles. The third-order valence-corrected chi connectivity index (χ3v) is 5.46. The van der Waals surface area contributed by atoms with E-state index in [0.717, 1.165) is 36.8 Å². The third-order valence-electron chi connectivity index (χ3n) is 4.09. The molecule has 1 atom stereocenters. The molecule has 2 aromatic rings. The molecule has 0 amide bonds. The fourth-order valence-corrected chi connectivity index (χ4v) is 4.14. The van der Waals surface area contributed by atoms with Crippen LogP contribution in [0.1, 0.15) is 49.7 Å². The molecule has 0 aromatic heterocycles. The molecule has 1 unspecified atom stereocenters. The van der Waals surface area contributed by atoms with Crippen LogP contribution in [0, 0.1) is 0 Å². The second-order valence-corrected chi connectivity index (χ2v) is 7.84. The summed E-state index contributed by atoms with van der Waals surface area (Å²) in [6.45, 7) is 2.34. The first-order valence-electron chi connectivity index (χ1n) is 8.65. The van der Waals surface area contributed by atoms with E-state index in [2.05, 4.69) is 6.92 Å². The zero-order valence-corrected chi connectivity index (χ0v) is 15.1. The van der Waals surface area contributed by atoms with E-state index >= 15 is 0 Å². The van der Waals surface area contributed by atoms with E-state index < -0.39 is 7.68 Å². The number of hydrogen-bond acceptors (Lipinski definition) is 2. The zero-order chi connectivity index (χ0) is 17.3. The van der Waals surface area contributed by atoms with E-state index in [1.807, 2.05) is 60.7 Å². The molecule has 2 nitrogen and oxygen atoms in total. The summed E-state index contributed by atoms with van der Waals surface area (Å²) in [5.41, 5.74) is 1.91. The van der Waals surface area contributed by atoms with Gasteiger partial charge in [0.05, 0.1) is 12.8 Å². The molecule has 130 valence electrons. The van der Waals surface area contributed by atoms with Crippen molar-refractivity contribution in [3.63, 3.8) is 0 Å². The van der Waals surface area contributed by atoms with Crippen LogP contribution >= 0.6 is 7.68 Å². The largest absolute Gasteiger partial charge is 0.368 e. The van der Waals surface area contributed by atoms with Crippen LogP contribution < -0.4 is 0 Å². The Morgan fingerprint density at radius 1 is 0.917 bits per heavy atom. The summed E-state index contributed by atoms with van der Waals surface area (Å²) in [6, 6.07) is 19.3. The quantitative estimate of drug-likeness (QED) is 0.358. The first-order chi connectivity index (χ1) is 11.6. The normalized spacial score (nSPS) is 13.8. The van der Waals surface area contributed by atoms with Crippen molar-refractivity contribution in [3.8, 4) is 0 Å². The Morgan fingerprint density at radius 2 is 1.46 bits per heavy atom. The fraction of sp³-hybridized carbons (Fsp3) is 0.400. The molecule has 0 fully saturated rings. The van der Waals surface area contributed by atoms with Gasteiger partial charge in [0.25, 0.3) is 0 Å². The molecule has 0 N–H and O–H groups in total. The van der Waals surface area contributed by atoms with Crippen LogP contribution in [-0.2, 0) is 9.09 Å². The maximum Gasteiger partial charge on any atom is 0.368 e. The Morgan fingerprint density at radius 3 is 1.96 bits per heavy atom. The number of halogens is 1. The molecular weight excluding hydrogens is 322 g/mol. The number of hydrogen-bond donors (Lipinski definition) is 0. The molecule has 0 saturated heterocycles. The molecule has 0 bridgehead atoms. The van der Waals surface area contributed by atoms with Crippen LogP contribution in [0.25, 0.3) is 0 Å². The number of rotatable bonds is 10. The van der Waals surface area contributed by atoms with Gasteiger partial charge in [0.15, 0.2) is 0 Å². The highest BCUT2D eigenvalue weighted by molar-refractivity contribution is 7.53. The van der Waals surface area contributed by atoms with Crippen molar-refractivity contribution in [3.05, 3.63) is 71.8 Å². The summed E-state index contributed by atoms with van der Waals surface area (Å²) in [5, 5.41) is 0. The Bertz CT molecular complexity index is 591. The highest BCUT2D eigenvalue weighted by atomic mass is 31.2. The molecule has 4 heteroatoms. The maximum atomic E-state index is 14.6. The van der Waals surface area contributed by atoms with E-state index in [4.69, 9.17) is 4.52 Å². The standard InChI is InChI=1S/C20H26FO2P/c1-2-3-4-11-16-23-24(21,22)17-20(18-12-7-5-8-13-18)19-14-9-6-10-15-19/h5-10,12-15,20H,2-4,11,16-17H2,1H3. The fourth-order valence-electron chi connectivity index (χ4n) is 2.77. The van der Waals surface area contributed by atoms with Gasteiger partial charge in [-0.1, -0.05) is 86.8 Å². The van der Waals surface area contributed by atoms with Gasteiger partial charge in [-0.25, -0.2) is 0 Å². The van der Waals surface area contributed by atoms with Crippen LogP contribution in [0.4, 0.5) is 4.20 Å².